The minimum absolute atomic E-state index is 0.139. The lowest BCUT2D eigenvalue weighted by Gasteiger charge is -2.29. The first-order valence-electron chi connectivity index (χ1n) is 6.54. The van der Waals surface area contributed by atoms with Crippen molar-refractivity contribution in [3.63, 3.8) is 0 Å². The molecule has 0 aliphatic carbocycles. The number of hydrogen-bond acceptors (Lipinski definition) is 6. The Morgan fingerprint density at radius 1 is 1.20 bits per heavy atom. The van der Waals surface area contributed by atoms with Crippen LogP contribution in [-0.2, 0) is 9.59 Å². The predicted molar refractivity (Wildman–Crippen MR) is 75.5 cm³/mol. The van der Waals surface area contributed by atoms with Crippen LogP contribution in [0, 0.1) is 13.8 Å². The fourth-order valence-electron chi connectivity index (χ4n) is 2.23. The largest absolute Gasteiger partial charge is 0.373 e. The molecule has 108 valence electrons. The molecule has 1 unspecified atom stereocenters. The van der Waals surface area contributed by atoms with Crippen LogP contribution in [0.4, 0.5) is 11.6 Å². The highest BCUT2D eigenvalue weighted by Gasteiger charge is 2.32. The standard InChI is InChI=1S/C13H19N5O2/c1-7-11(14-3)15-8(2)16-12(7)17-9-5-6-10(19)18(4)13(9)20/h9H,5-6H2,1-4H3,(H2,14,15,16,17). The van der Waals surface area contributed by atoms with Gasteiger partial charge in [0.05, 0.1) is 0 Å². The van der Waals surface area contributed by atoms with E-state index in [2.05, 4.69) is 20.6 Å². The van der Waals surface area contributed by atoms with E-state index in [0.717, 1.165) is 11.4 Å². The van der Waals surface area contributed by atoms with E-state index in [1.807, 2.05) is 6.92 Å². The van der Waals surface area contributed by atoms with Crippen molar-refractivity contribution in [2.24, 2.45) is 0 Å². The number of aryl methyl sites for hydroxylation is 1. The van der Waals surface area contributed by atoms with E-state index < -0.39 is 6.04 Å². The Balaban J connectivity index is 2.24. The summed E-state index contributed by atoms with van der Waals surface area (Å²) >= 11 is 0. The SMILES string of the molecule is CNc1nc(C)nc(NC2CCC(=O)N(C)C2=O)c1C. The molecule has 2 amide bonds. The number of nitrogens with zero attached hydrogens (tertiary/aromatic N) is 3. The lowest BCUT2D eigenvalue weighted by Crippen LogP contribution is -2.48. The van der Waals surface area contributed by atoms with Gasteiger partial charge in [-0.1, -0.05) is 0 Å². The molecule has 0 spiro atoms. The quantitative estimate of drug-likeness (QED) is 0.791. The van der Waals surface area contributed by atoms with Gasteiger partial charge in [-0.3, -0.25) is 14.5 Å². The van der Waals surface area contributed by atoms with Gasteiger partial charge in [0.25, 0.3) is 5.91 Å². The van der Waals surface area contributed by atoms with Crippen LogP contribution in [0.2, 0.25) is 0 Å². The van der Waals surface area contributed by atoms with Gasteiger partial charge in [-0.2, -0.15) is 0 Å². The lowest BCUT2D eigenvalue weighted by molar-refractivity contribution is -0.146. The van der Waals surface area contributed by atoms with Gasteiger partial charge >= 0.3 is 0 Å². The molecule has 2 N–H and O–H groups in total. The molecule has 1 fully saturated rings. The molecule has 0 bridgehead atoms. The number of amides is 2. The fraction of sp³-hybridized carbons (Fsp3) is 0.538. The lowest BCUT2D eigenvalue weighted by atomic mass is 10.0. The Morgan fingerprint density at radius 2 is 1.85 bits per heavy atom. The number of piperidine rings is 1. The number of nitrogens with one attached hydrogen (secondary N) is 2. The van der Waals surface area contributed by atoms with Crippen molar-refractivity contribution in [1.29, 1.82) is 0 Å². The summed E-state index contributed by atoms with van der Waals surface area (Å²) in [5.41, 5.74) is 0.852. The third-order valence-electron chi connectivity index (χ3n) is 3.46. The van der Waals surface area contributed by atoms with Crippen molar-refractivity contribution in [3.8, 4) is 0 Å². The summed E-state index contributed by atoms with van der Waals surface area (Å²) in [6, 6.07) is -0.421. The Hall–Kier alpha value is -2.18. The zero-order chi connectivity index (χ0) is 14.9. The second kappa shape index (κ2) is 5.44. The number of aromatic nitrogens is 2. The monoisotopic (exact) mass is 277 g/mol. The third-order valence-corrected chi connectivity index (χ3v) is 3.46. The van der Waals surface area contributed by atoms with Gasteiger partial charge in [-0.05, 0) is 20.3 Å². The van der Waals surface area contributed by atoms with Crippen molar-refractivity contribution < 1.29 is 9.59 Å². The molecule has 0 saturated carbocycles. The zero-order valence-corrected chi connectivity index (χ0v) is 12.1. The summed E-state index contributed by atoms with van der Waals surface area (Å²) in [5, 5.41) is 6.13. The van der Waals surface area contributed by atoms with Crippen LogP contribution in [0.1, 0.15) is 24.2 Å². The number of rotatable bonds is 3. The average molecular weight is 277 g/mol. The Morgan fingerprint density at radius 3 is 2.50 bits per heavy atom. The maximum atomic E-state index is 12.1. The van der Waals surface area contributed by atoms with E-state index >= 15 is 0 Å². The van der Waals surface area contributed by atoms with Crippen LogP contribution < -0.4 is 10.6 Å². The van der Waals surface area contributed by atoms with Crippen molar-refractivity contribution in [3.05, 3.63) is 11.4 Å². The summed E-state index contributed by atoms with van der Waals surface area (Å²) in [6.45, 7) is 3.68. The van der Waals surface area contributed by atoms with Crippen LogP contribution in [0.15, 0.2) is 0 Å². The molecule has 2 rings (SSSR count). The highest BCUT2D eigenvalue weighted by atomic mass is 16.2. The molecule has 20 heavy (non-hydrogen) atoms. The van der Waals surface area contributed by atoms with E-state index in [-0.39, 0.29) is 11.8 Å². The average Bonchev–Trinajstić information content (AvgIpc) is 2.42. The molecule has 1 aromatic rings. The Kier molecular flexibility index (Phi) is 3.87. The molecule has 0 aromatic carbocycles. The molecular formula is C13H19N5O2. The second-order valence-corrected chi connectivity index (χ2v) is 4.87. The second-order valence-electron chi connectivity index (χ2n) is 4.87. The van der Waals surface area contributed by atoms with Gasteiger partial charge in [-0.15, -0.1) is 0 Å². The molecule has 2 heterocycles. The molecule has 1 aliphatic rings. The van der Waals surface area contributed by atoms with E-state index in [9.17, 15) is 9.59 Å². The smallest absolute Gasteiger partial charge is 0.251 e. The first-order chi connectivity index (χ1) is 9.43. The van der Waals surface area contributed by atoms with Crippen molar-refractivity contribution in [2.45, 2.75) is 32.7 Å². The molecule has 7 nitrogen and oxygen atoms in total. The van der Waals surface area contributed by atoms with Crippen LogP contribution in [0.3, 0.4) is 0 Å². The Labute approximate surface area is 117 Å². The summed E-state index contributed by atoms with van der Waals surface area (Å²) in [4.78, 5) is 33.3. The summed E-state index contributed by atoms with van der Waals surface area (Å²) in [5.74, 6) is 1.62. The van der Waals surface area contributed by atoms with E-state index in [1.54, 1.807) is 14.0 Å². The predicted octanol–water partition coefficient (Wildman–Crippen LogP) is 0.694. The molecule has 7 heteroatoms. The van der Waals surface area contributed by atoms with Crippen LogP contribution in [0.25, 0.3) is 0 Å². The van der Waals surface area contributed by atoms with E-state index in [4.69, 9.17) is 0 Å². The maximum absolute atomic E-state index is 12.1. The topological polar surface area (TPSA) is 87.2 Å². The number of carbonyl (C=O) groups is 2. The summed E-state index contributed by atoms with van der Waals surface area (Å²) in [7, 11) is 3.30. The van der Waals surface area contributed by atoms with Gasteiger partial charge in [0.1, 0.15) is 23.5 Å². The number of imide groups is 1. The molecule has 0 radical (unpaired) electrons. The van der Waals surface area contributed by atoms with Crippen molar-refractivity contribution in [1.82, 2.24) is 14.9 Å². The summed E-state index contributed by atoms with van der Waals surface area (Å²) in [6.07, 6.45) is 0.849. The Bertz CT molecular complexity index is 558. The highest BCUT2D eigenvalue weighted by molar-refractivity contribution is 6.01. The van der Waals surface area contributed by atoms with Crippen LogP contribution in [0.5, 0.6) is 0 Å². The molecular weight excluding hydrogens is 258 g/mol. The first-order valence-corrected chi connectivity index (χ1v) is 6.54. The third kappa shape index (κ3) is 2.56. The molecule has 1 aliphatic heterocycles. The number of hydrogen-bond donors (Lipinski definition) is 2. The molecule has 1 saturated heterocycles. The van der Waals surface area contributed by atoms with Gasteiger partial charge < -0.3 is 10.6 Å². The number of likely N-dealkylation sites (tertiary alicyclic amines) is 1. The fourth-order valence-corrected chi connectivity index (χ4v) is 2.23. The van der Waals surface area contributed by atoms with Gasteiger partial charge in [0.2, 0.25) is 5.91 Å². The number of anilines is 2. The normalized spacial score (nSPS) is 19.2. The highest BCUT2D eigenvalue weighted by Crippen LogP contribution is 2.22. The van der Waals surface area contributed by atoms with Crippen LogP contribution in [-0.4, -0.2) is 46.8 Å². The van der Waals surface area contributed by atoms with Gasteiger partial charge in [-0.25, -0.2) is 9.97 Å². The molecule has 1 atom stereocenters. The zero-order valence-electron chi connectivity index (χ0n) is 12.1. The maximum Gasteiger partial charge on any atom is 0.251 e. The van der Waals surface area contributed by atoms with Gasteiger partial charge in [0, 0.05) is 26.1 Å². The number of carbonyl (C=O) groups excluding carboxylic acids is 2. The van der Waals surface area contributed by atoms with E-state index in [0.29, 0.717) is 24.5 Å². The molecule has 1 aromatic heterocycles. The number of likely N-dealkylation sites (N-methyl/N-ethyl adjacent to an activating group) is 1. The summed E-state index contributed by atoms with van der Waals surface area (Å²) < 4.78 is 0. The van der Waals surface area contributed by atoms with Crippen molar-refractivity contribution >= 4 is 23.5 Å². The van der Waals surface area contributed by atoms with Gasteiger partial charge in [0.15, 0.2) is 0 Å². The van der Waals surface area contributed by atoms with Crippen LogP contribution >= 0.6 is 0 Å². The van der Waals surface area contributed by atoms with Crippen molar-refractivity contribution in [2.75, 3.05) is 24.7 Å². The first kappa shape index (κ1) is 14.2. The minimum Gasteiger partial charge on any atom is -0.373 e. The minimum atomic E-state index is -0.421. The van der Waals surface area contributed by atoms with E-state index in [1.165, 1.54) is 11.9 Å².